The summed E-state index contributed by atoms with van der Waals surface area (Å²) < 4.78 is 7.60. The molecule has 4 aromatic rings. The minimum atomic E-state index is -0.0628. The first-order chi connectivity index (χ1) is 16.5. The zero-order valence-corrected chi connectivity index (χ0v) is 20.4. The number of aromatic nitrogens is 2. The van der Waals surface area contributed by atoms with Crippen molar-refractivity contribution in [2.75, 3.05) is 7.11 Å². The van der Waals surface area contributed by atoms with E-state index in [0.717, 1.165) is 22.2 Å². The molecular weight excluding hydrogens is 440 g/mol. The quantitative estimate of drug-likeness (QED) is 0.369. The van der Waals surface area contributed by atoms with E-state index in [2.05, 4.69) is 88.3 Å². The van der Waals surface area contributed by atoms with Crippen molar-refractivity contribution in [3.8, 4) is 11.4 Å². The number of benzene rings is 2. The molecule has 172 valence electrons. The standard InChI is InChI=1S/C28H28N4OS/c1-19-9-12-22(17-20(19)2)31-16-6-8-25(31)27-26(24-7-4-5-15-29-24)30-28(34)32(27)18-21-10-13-23(33-3)14-11-21/h4-17,26-27H,18H2,1-3H3,(H,30,34)/t26-,27+/m1/s1. The maximum Gasteiger partial charge on any atom is 0.170 e. The second-order valence-corrected chi connectivity index (χ2v) is 9.06. The van der Waals surface area contributed by atoms with E-state index >= 15 is 0 Å². The Hall–Kier alpha value is -3.64. The molecule has 34 heavy (non-hydrogen) atoms. The molecule has 0 unspecified atom stereocenters. The maximum atomic E-state index is 5.87. The largest absolute Gasteiger partial charge is 0.497 e. The van der Waals surface area contributed by atoms with Crippen LogP contribution in [-0.4, -0.2) is 26.7 Å². The van der Waals surface area contributed by atoms with Crippen LogP contribution in [0.2, 0.25) is 0 Å². The van der Waals surface area contributed by atoms with Crippen molar-refractivity contribution in [2.45, 2.75) is 32.5 Å². The summed E-state index contributed by atoms with van der Waals surface area (Å²) in [6, 6.07) is 25.0. The number of thiocarbonyl (C=S) groups is 1. The Morgan fingerprint density at radius 1 is 0.971 bits per heavy atom. The molecule has 1 N–H and O–H groups in total. The molecule has 0 spiro atoms. The summed E-state index contributed by atoms with van der Waals surface area (Å²) in [7, 11) is 1.68. The van der Waals surface area contributed by atoms with Crippen molar-refractivity contribution in [2.24, 2.45) is 0 Å². The van der Waals surface area contributed by atoms with Crippen LogP contribution in [0.1, 0.15) is 40.2 Å². The van der Waals surface area contributed by atoms with E-state index in [0.29, 0.717) is 6.54 Å². The molecule has 0 bridgehead atoms. The van der Waals surface area contributed by atoms with Gasteiger partial charge in [-0.05, 0) is 91.3 Å². The molecular formula is C28H28N4OS. The lowest BCUT2D eigenvalue weighted by molar-refractivity contribution is 0.302. The predicted octanol–water partition coefficient (Wildman–Crippen LogP) is 5.67. The highest BCUT2D eigenvalue weighted by Crippen LogP contribution is 2.40. The maximum absolute atomic E-state index is 5.87. The molecule has 1 saturated heterocycles. The normalized spacial score (nSPS) is 17.6. The number of hydrogen-bond donors (Lipinski definition) is 1. The summed E-state index contributed by atoms with van der Waals surface area (Å²) >= 11 is 5.87. The average Bonchev–Trinajstić information content (AvgIpc) is 3.46. The highest BCUT2D eigenvalue weighted by Gasteiger charge is 2.41. The second-order valence-electron chi connectivity index (χ2n) is 8.67. The van der Waals surface area contributed by atoms with Crippen molar-refractivity contribution in [3.05, 3.63) is 113 Å². The fraction of sp³-hybridized carbons (Fsp3) is 0.214. The van der Waals surface area contributed by atoms with Crippen LogP contribution in [-0.2, 0) is 6.54 Å². The van der Waals surface area contributed by atoms with Gasteiger partial charge in [-0.2, -0.15) is 0 Å². The third kappa shape index (κ3) is 4.17. The minimum Gasteiger partial charge on any atom is -0.497 e. The molecule has 1 aliphatic rings. The van der Waals surface area contributed by atoms with E-state index in [-0.39, 0.29) is 12.1 Å². The summed E-state index contributed by atoms with van der Waals surface area (Å²) in [6.45, 7) is 4.98. The summed E-state index contributed by atoms with van der Waals surface area (Å²) in [5, 5.41) is 4.28. The van der Waals surface area contributed by atoms with Gasteiger partial charge in [0.15, 0.2) is 5.11 Å². The van der Waals surface area contributed by atoms with Gasteiger partial charge in [0.1, 0.15) is 5.75 Å². The first kappa shape index (κ1) is 22.2. The van der Waals surface area contributed by atoms with Gasteiger partial charge in [-0.1, -0.05) is 24.3 Å². The number of rotatable bonds is 6. The van der Waals surface area contributed by atoms with Gasteiger partial charge in [0, 0.05) is 30.3 Å². The van der Waals surface area contributed by atoms with Crippen LogP contribution >= 0.6 is 12.2 Å². The molecule has 2 aromatic carbocycles. The molecule has 1 fully saturated rings. The van der Waals surface area contributed by atoms with Crippen LogP contribution in [0.15, 0.2) is 85.2 Å². The zero-order valence-electron chi connectivity index (χ0n) is 19.6. The summed E-state index contributed by atoms with van der Waals surface area (Å²) in [5.41, 5.74) is 7.01. The third-order valence-electron chi connectivity index (χ3n) is 6.56. The molecule has 0 radical (unpaired) electrons. The van der Waals surface area contributed by atoms with Crippen molar-refractivity contribution in [3.63, 3.8) is 0 Å². The van der Waals surface area contributed by atoms with Crippen LogP contribution in [0.25, 0.3) is 5.69 Å². The third-order valence-corrected chi connectivity index (χ3v) is 6.91. The van der Waals surface area contributed by atoms with Crippen LogP contribution in [0, 0.1) is 13.8 Å². The fourth-order valence-corrected chi connectivity index (χ4v) is 4.88. The lowest BCUT2D eigenvalue weighted by atomic mass is 10.0. The van der Waals surface area contributed by atoms with Gasteiger partial charge in [-0.3, -0.25) is 4.98 Å². The molecule has 5 rings (SSSR count). The van der Waals surface area contributed by atoms with Crippen LogP contribution in [0.5, 0.6) is 5.75 Å². The first-order valence-electron chi connectivity index (χ1n) is 11.4. The Morgan fingerprint density at radius 3 is 2.50 bits per heavy atom. The van der Waals surface area contributed by atoms with Gasteiger partial charge in [-0.15, -0.1) is 0 Å². The smallest absolute Gasteiger partial charge is 0.170 e. The Bertz CT molecular complexity index is 1300. The topological polar surface area (TPSA) is 42.3 Å². The summed E-state index contributed by atoms with van der Waals surface area (Å²) in [6.07, 6.45) is 3.97. The van der Waals surface area contributed by atoms with Crippen LogP contribution in [0.4, 0.5) is 0 Å². The van der Waals surface area contributed by atoms with Gasteiger partial charge >= 0.3 is 0 Å². The van der Waals surface area contributed by atoms with E-state index in [1.807, 2.05) is 30.5 Å². The van der Waals surface area contributed by atoms with Crippen molar-refractivity contribution >= 4 is 17.3 Å². The van der Waals surface area contributed by atoms with Gasteiger partial charge in [0.05, 0.1) is 24.9 Å². The van der Waals surface area contributed by atoms with E-state index in [9.17, 15) is 0 Å². The number of hydrogen-bond acceptors (Lipinski definition) is 3. The SMILES string of the molecule is COc1ccc(CN2C(=S)N[C@H](c3ccccn3)[C@@H]2c2cccn2-c2ccc(C)c(C)c2)cc1. The van der Waals surface area contributed by atoms with E-state index in [4.69, 9.17) is 17.0 Å². The number of ether oxygens (including phenoxy) is 1. The number of methoxy groups -OCH3 is 1. The molecule has 2 atom stereocenters. The lowest BCUT2D eigenvalue weighted by Gasteiger charge is -2.29. The average molecular weight is 469 g/mol. The zero-order chi connectivity index (χ0) is 23.7. The first-order valence-corrected chi connectivity index (χ1v) is 11.8. The van der Waals surface area contributed by atoms with E-state index in [1.54, 1.807) is 7.11 Å². The van der Waals surface area contributed by atoms with Crippen LogP contribution < -0.4 is 10.1 Å². The summed E-state index contributed by atoms with van der Waals surface area (Å²) in [4.78, 5) is 6.94. The lowest BCUT2D eigenvalue weighted by Crippen LogP contribution is -2.30. The minimum absolute atomic E-state index is 0.0267. The monoisotopic (exact) mass is 468 g/mol. The van der Waals surface area contributed by atoms with Crippen molar-refractivity contribution in [1.82, 2.24) is 19.8 Å². The second kappa shape index (κ2) is 9.31. The predicted molar refractivity (Wildman–Crippen MR) is 139 cm³/mol. The van der Waals surface area contributed by atoms with Gasteiger partial charge < -0.3 is 19.5 Å². The summed E-state index contributed by atoms with van der Waals surface area (Å²) in [5.74, 6) is 0.845. The number of nitrogens with zero attached hydrogens (tertiary/aromatic N) is 3. The molecule has 0 aliphatic carbocycles. The van der Waals surface area contributed by atoms with Gasteiger partial charge in [-0.25, -0.2) is 0 Å². The van der Waals surface area contributed by atoms with Gasteiger partial charge in [0.2, 0.25) is 0 Å². The number of aryl methyl sites for hydroxylation is 2. The van der Waals surface area contributed by atoms with E-state index in [1.165, 1.54) is 22.4 Å². The highest BCUT2D eigenvalue weighted by molar-refractivity contribution is 7.80. The Balaban J connectivity index is 1.58. The molecule has 5 nitrogen and oxygen atoms in total. The fourth-order valence-electron chi connectivity index (χ4n) is 4.57. The molecule has 2 aromatic heterocycles. The highest BCUT2D eigenvalue weighted by atomic mass is 32.1. The molecule has 0 amide bonds. The Kier molecular flexibility index (Phi) is 6.07. The molecule has 3 heterocycles. The van der Waals surface area contributed by atoms with E-state index < -0.39 is 0 Å². The van der Waals surface area contributed by atoms with Crippen molar-refractivity contribution < 1.29 is 4.74 Å². The molecule has 6 heteroatoms. The molecule has 1 aliphatic heterocycles. The Labute approximate surface area is 206 Å². The van der Waals surface area contributed by atoms with Crippen LogP contribution in [0.3, 0.4) is 0 Å². The Morgan fingerprint density at radius 2 is 1.79 bits per heavy atom. The van der Waals surface area contributed by atoms with Gasteiger partial charge in [0.25, 0.3) is 0 Å². The number of nitrogens with one attached hydrogen (secondary N) is 1. The molecule has 0 saturated carbocycles. The number of pyridine rings is 1. The van der Waals surface area contributed by atoms with Crippen molar-refractivity contribution in [1.29, 1.82) is 0 Å².